The van der Waals surface area contributed by atoms with Crippen LogP contribution in [-0.2, 0) is 0 Å². The number of nitrogens with zero attached hydrogens (tertiary/aromatic N) is 1. The van der Waals surface area contributed by atoms with Crippen LogP contribution < -0.4 is 0 Å². The summed E-state index contributed by atoms with van der Waals surface area (Å²) in [6, 6.07) is 19.7. The monoisotopic (exact) mass is 423 g/mol. The topological polar surface area (TPSA) is 12.9 Å². The van der Waals surface area contributed by atoms with Gasteiger partial charge in [0.2, 0.25) is 0 Å². The van der Waals surface area contributed by atoms with Gasteiger partial charge < -0.3 is 0 Å². The van der Waals surface area contributed by atoms with Gasteiger partial charge in [0.1, 0.15) is 0 Å². The van der Waals surface area contributed by atoms with Crippen molar-refractivity contribution in [2.45, 2.75) is 11.8 Å². The normalized spacial score (nSPS) is 32.3. The number of hydrogen-bond acceptors (Lipinski definition) is 1. The van der Waals surface area contributed by atoms with Gasteiger partial charge in [0.05, 0.1) is 5.69 Å². The van der Waals surface area contributed by atoms with Crippen molar-refractivity contribution >= 4 is 15.9 Å². The molecule has 0 N–H and O–H groups in total. The Balaban J connectivity index is 1.29. The fourth-order valence-electron chi connectivity index (χ4n) is 6.00. The third-order valence-corrected chi connectivity index (χ3v) is 8.09. The summed E-state index contributed by atoms with van der Waals surface area (Å²) in [7, 11) is 0. The highest BCUT2D eigenvalue weighted by molar-refractivity contribution is 9.10. The maximum atomic E-state index is 4.80. The van der Waals surface area contributed by atoms with Gasteiger partial charge in [-0.05, 0) is 52.6 Å². The van der Waals surface area contributed by atoms with Crippen molar-refractivity contribution in [3.8, 4) is 22.4 Å². The second-order valence-electron chi connectivity index (χ2n) is 8.58. The Morgan fingerprint density at radius 1 is 0.857 bits per heavy atom. The molecule has 3 aromatic rings. The molecular formula is C26H18BrN. The molecule has 7 rings (SSSR count). The molecule has 0 saturated heterocycles. The van der Waals surface area contributed by atoms with Gasteiger partial charge in [0.25, 0.3) is 0 Å². The Morgan fingerprint density at radius 3 is 2.50 bits per heavy atom. The summed E-state index contributed by atoms with van der Waals surface area (Å²) < 4.78 is 1.10. The van der Waals surface area contributed by atoms with Crippen LogP contribution in [0.15, 0.2) is 89.6 Å². The molecular weight excluding hydrogens is 406 g/mol. The van der Waals surface area contributed by atoms with Crippen LogP contribution in [-0.4, -0.2) is 4.98 Å². The molecule has 1 spiro atoms. The van der Waals surface area contributed by atoms with Gasteiger partial charge >= 0.3 is 0 Å². The molecule has 0 radical (unpaired) electrons. The number of halogens is 1. The maximum Gasteiger partial charge on any atom is 0.0702 e. The molecule has 1 heterocycles. The molecule has 1 fully saturated rings. The Morgan fingerprint density at radius 2 is 1.71 bits per heavy atom. The standard InChI is InChI=1S/C26H18BrN/c27-22-4-2-1-3-17(22)16-6-8-23(28-14-16)15-5-7-18-20(13-15)21-10-12-26(21)11-9-19-24(18)25(19)26/h1-14,19,21,24-25H. The first kappa shape index (κ1) is 15.5. The van der Waals surface area contributed by atoms with Crippen LogP contribution in [0.5, 0.6) is 0 Å². The van der Waals surface area contributed by atoms with E-state index in [1.54, 1.807) is 5.56 Å². The summed E-state index contributed by atoms with van der Waals surface area (Å²) >= 11 is 3.64. The van der Waals surface area contributed by atoms with Gasteiger partial charge in [-0.25, -0.2) is 0 Å². The number of fused-ring (bicyclic) bond motifs is 4. The number of pyridine rings is 1. The van der Waals surface area contributed by atoms with Gasteiger partial charge in [-0.3, -0.25) is 4.98 Å². The van der Waals surface area contributed by atoms with Crippen molar-refractivity contribution < 1.29 is 0 Å². The van der Waals surface area contributed by atoms with Gasteiger partial charge in [0.15, 0.2) is 0 Å². The number of benzene rings is 2. The van der Waals surface area contributed by atoms with Crippen molar-refractivity contribution in [1.82, 2.24) is 4.98 Å². The van der Waals surface area contributed by atoms with Crippen LogP contribution in [0.2, 0.25) is 0 Å². The van der Waals surface area contributed by atoms with Crippen LogP contribution in [0, 0.1) is 17.3 Å². The summed E-state index contributed by atoms with van der Waals surface area (Å²) in [5.74, 6) is 2.93. The van der Waals surface area contributed by atoms with Crippen LogP contribution in [0.1, 0.15) is 23.0 Å². The molecule has 1 saturated carbocycles. The van der Waals surface area contributed by atoms with E-state index in [1.165, 1.54) is 16.7 Å². The molecule has 134 valence electrons. The molecule has 1 nitrogen and oxygen atoms in total. The van der Waals surface area contributed by atoms with E-state index in [0.29, 0.717) is 11.3 Å². The largest absolute Gasteiger partial charge is 0.256 e. The quantitative estimate of drug-likeness (QED) is 0.416. The Hall–Kier alpha value is -2.45. The van der Waals surface area contributed by atoms with Crippen LogP contribution in [0.25, 0.3) is 22.4 Å². The minimum atomic E-state index is 0.331. The molecule has 5 atom stereocenters. The maximum absolute atomic E-state index is 4.80. The minimum Gasteiger partial charge on any atom is -0.256 e. The lowest BCUT2D eigenvalue weighted by molar-refractivity contribution is 0.322. The van der Waals surface area contributed by atoms with E-state index in [4.69, 9.17) is 4.98 Å². The molecule has 0 amide bonds. The van der Waals surface area contributed by atoms with Crippen molar-refractivity contribution in [2.75, 3.05) is 0 Å². The first-order valence-electron chi connectivity index (χ1n) is 10.0. The van der Waals surface area contributed by atoms with E-state index in [0.717, 1.165) is 33.5 Å². The average molecular weight is 424 g/mol. The Bertz CT molecular complexity index is 1210. The third-order valence-electron chi connectivity index (χ3n) is 7.40. The Kier molecular flexibility index (Phi) is 2.83. The molecule has 4 aliphatic carbocycles. The van der Waals surface area contributed by atoms with E-state index in [1.807, 2.05) is 12.3 Å². The van der Waals surface area contributed by atoms with Gasteiger partial charge in [-0.2, -0.15) is 0 Å². The molecule has 28 heavy (non-hydrogen) atoms. The summed E-state index contributed by atoms with van der Waals surface area (Å²) in [5.41, 5.74) is 8.04. The summed E-state index contributed by atoms with van der Waals surface area (Å²) in [5, 5.41) is 0. The predicted molar refractivity (Wildman–Crippen MR) is 116 cm³/mol. The van der Waals surface area contributed by atoms with Crippen LogP contribution >= 0.6 is 15.9 Å². The van der Waals surface area contributed by atoms with E-state index in [-0.39, 0.29) is 0 Å². The fourth-order valence-corrected chi connectivity index (χ4v) is 6.51. The van der Waals surface area contributed by atoms with Crippen molar-refractivity contribution in [3.05, 3.63) is 101 Å². The van der Waals surface area contributed by atoms with Crippen LogP contribution in [0.3, 0.4) is 0 Å². The lowest BCUT2D eigenvalue weighted by Crippen LogP contribution is -2.35. The van der Waals surface area contributed by atoms with Crippen LogP contribution in [0.4, 0.5) is 0 Å². The summed E-state index contributed by atoms with van der Waals surface area (Å²) in [6.07, 6.45) is 11.8. The molecule has 0 aliphatic heterocycles. The fraction of sp³-hybridized carbons (Fsp3) is 0.192. The first-order valence-corrected chi connectivity index (χ1v) is 10.8. The SMILES string of the molecule is Brc1ccccc1-c1ccc(-c2ccc3c(c2)C2C=CC24C=CC2C3C24)nc1. The average Bonchev–Trinajstić information content (AvgIpc) is 3.27. The minimum absolute atomic E-state index is 0.331. The van der Waals surface area contributed by atoms with Gasteiger partial charge in [-0.1, -0.05) is 76.6 Å². The van der Waals surface area contributed by atoms with E-state index in [2.05, 4.69) is 88.8 Å². The zero-order valence-corrected chi connectivity index (χ0v) is 16.8. The van der Waals surface area contributed by atoms with Crippen molar-refractivity contribution in [1.29, 1.82) is 0 Å². The Labute approximate surface area is 173 Å². The van der Waals surface area contributed by atoms with E-state index >= 15 is 0 Å². The zero-order valence-electron chi connectivity index (χ0n) is 15.2. The van der Waals surface area contributed by atoms with E-state index < -0.39 is 0 Å². The highest BCUT2D eigenvalue weighted by Crippen LogP contribution is 2.77. The zero-order chi connectivity index (χ0) is 18.5. The highest BCUT2D eigenvalue weighted by Gasteiger charge is 2.69. The van der Waals surface area contributed by atoms with Gasteiger partial charge in [0, 0.05) is 33.1 Å². The van der Waals surface area contributed by atoms with Crippen molar-refractivity contribution in [2.24, 2.45) is 17.3 Å². The molecule has 1 aromatic heterocycles. The predicted octanol–water partition coefficient (Wildman–Crippen LogP) is 6.73. The highest BCUT2D eigenvalue weighted by atomic mass is 79.9. The number of rotatable bonds is 2. The first-order chi connectivity index (χ1) is 13.8. The molecule has 4 aliphatic rings. The molecule has 2 heteroatoms. The molecule has 5 unspecified atom stereocenters. The van der Waals surface area contributed by atoms with E-state index in [9.17, 15) is 0 Å². The number of allylic oxidation sites excluding steroid dienone is 4. The lowest BCUT2D eigenvalue weighted by atomic mass is 9.57. The number of hydrogen-bond donors (Lipinski definition) is 0. The second-order valence-corrected chi connectivity index (χ2v) is 9.43. The third kappa shape index (κ3) is 1.80. The van der Waals surface area contributed by atoms with Gasteiger partial charge in [-0.15, -0.1) is 0 Å². The lowest BCUT2D eigenvalue weighted by Gasteiger charge is -2.45. The van der Waals surface area contributed by atoms with Crippen molar-refractivity contribution in [3.63, 3.8) is 0 Å². The summed E-state index contributed by atoms with van der Waals surface area (Å²) in [4.78, 5) is 4.80. The molecule has 2 aromatic carbocycles. The summed E-state index contributed by atoms with van der Waals surface area (Å²) in [6.45, 7) is 0. The molecule has 0 bridgehead atoms. The smallest absolute Gasteiger partial charge is 0.0702 e. The number of aromatic nitrogens is 1. The second kappa shape index (κ2) is 5.12.